The van der Waals surface area contributed by atoms with Crippen LogP contribution in [-0.2, 0) is 0 Å². The Kier molecular flexibility index (Phi) is 5.58. The van der Waals surface area contributed by atoms with Gasteiger partial charge in [0.15, 0.2) is 11.4 Å². The Labute approximate surface area is 166 Å². The molecule has 0 aromatic carbocycles. The molecule has 2 saturated carbocycles. The highest BCUT2D eigenvalue weighted by atomic mass is 16.5. The van der Waals surface area contributed by atoms with Gasteiger partial charge in [-0.25, -0.2) is 4.98 Å². The molecule has 2 fully saturated rings. The van der Waals surface area contributed by atoms with Crippen LogP contribution in [-0.4, -0.2) is 39.2 Å². The lowest BCUT2D eigenvalue weighted by Crippen LogP contribution is -2.49. The molecule has 6 nitrogen and oxygen atoms in total. The maximum absolute atomic E-state index is 13.1. The van der Waals surface area contributed by atoms with Gasteiger partial charge in [0.1, 0.15) is 5.69 Å². The van der Waals surface area contributed by atoms with Crippen molar-refractivity contribution in [3.8, 4) is 5.75 Å². The van der Waals surface area contributed by atoms with Crippen LogP contribution in [0.1, 0.15) is 74.0 Å². The smallest absolute Gasteiger partial charge is 0.270 e. The minimum Gasteiger partial charge on any atom is -0.489 e. The highest BCUT2D eigenvalue weighted by Gasteiger charge is 2.36. The Bertz CT molecular complexity index is 833. The summed E-state index contributed by atoms with van der Waals surface area (Å²) in [4.78, 5) is 17.7. The third-order valence-corrected chi connectivity index (χ3v) is 6.44. The average molecular weight is 386 g/mol. The predicted molar refractivity (Wildman–Crippen MR) is 108 cm³/mol. The molecular formula is C22H31N3O3. The van der Waals surface area contributed by atoms with Gasteiger partial charge in [0, 0.05) is 6.20 Å². The number of aromatic nitrogens is 2. The number of amides is 1. The fourth-order valence-corrected chi connectivity index (χ4v) is 4.78. The Balaban J connectivity index is 1.56. The molecule has 2 aromatic heterocycles. The lowest BCUT2D eigenvalue weighted by molar-refractivity contribution is 0.0832. The van der Waals surface area contributed by atoms with Gasteiger partial charge >= 0.3 is 0 Å². The number of pyridine rings is 1. The van der Waals surface area contributed by atoms with E-state index in [0.29, 0.717) is 29.6 Å². The van der Waals surface area contributed by atoms with E-state index in [1.54, 1.807) is 0 Å². The number of imidazole rings is 1. The highest BCUT2D eigenvalue weighted by Crippen LogP contribution is 2.30. The van der Waals surface area contributed by atoms with Crippen LogP contribution in [0.15, 0.2) is 18.3 Å². The molecule has 2 aliphatic carbocycles. The zero-order valence-electron chi connectivity index (χ0n) is 16.7. The number of carbonyl (C=O) groups is 1. The number of fused-ring (bicyclic) bond motifs is 1. The summed E-state index contributed by atoms with van der Waals surface area (Å²) in [5.74, 6) is 1.16. The van der Waals surface area contributed by atoms with E-state index in [2.05, 4.69) is 10.3 Å². The molecule has 1 amide bonds. The number of hydrogen-bond acceptors (Lipinski definition) is 4. The summed E-state index contributed by atoms with van der Waals surface area (Å²) in [7, 11) is 0. The average Bonchev–Trinajstić information content (AvgIpc) is 3.31. The van der Waals surface area contributed by atoms with E-state index in [-0.39, 0.29) is 12.5 Å². The molecular weight excluding hydrogens is 354 g/mol. The van der Waals surface area contributed by atoms with Gasteiger partial charge < -0.3 is 15.2 Å². The molecule has 4 rings (SSSR count). The van der Waals surface area contributed by atoms with E-state index in [4.69, 9.17) is 4.74 Å². The van der Waals surface area contributed by atoms with Crippen molar-refractivity contribution < 1.29 is 14.6 Å². The van der Waals surface area contributed by atoms with Crippen LogP contribution in [0.5, 0.6) is 5.75 Å². The number of nitrogens with one attached hydrogen (secondary N) is 1. The Morgan fingerprint density at radius 3 is 2.75 bits per heavy atom. The topological polar surface area (TPSA) is 75.9 Å². The van der Waals surface area contributed by atoms with Gasteiger partial charge in [-0.1, -0.05) is 32.1 Å². The first-order chi connectivity index (χ1) is 13.6. The summed E-state index contributed by atoms with van der Waals surface area (Å²) in [5, 5.41) is 12.9. The largest absolute Gasteiger partial charge is 0.489 e. The highest BCUT2D eigenvalue weighted by molar-refractivity contribution is 5.95. The first kappa shape index (κ1) is 19.2. The van der Waals surface area contributed by atoms with Gasteiger partial charge in [0.25, 0.3) is 5.91 Å². The second-order valence-electron chi connectivity index (χ2n) is 8.53. The van der Waals surface area contributed by atoms with E-state index in [9.17, 15) is 9.90 Å². The van der Waals surface area contributed by atoms with Crippen LogP contribution in [0.4, 0.5) is 0 Å². The van der Waals surface area contributed by atoms with Gasteiger partial charge in [-0.05, 0) is 50.7 Å². The number of rotatable bonds is 6. The second-order valence-corrected chi connectivity index (χ2v) is 8.53. The molecule has 2 aliphatic rings. The van der Waals surface area contributed by atoms with E-state index in [1.165, 1.54) is 32.1 Å². The summed E-state index contributed by atoms with van der Waals surface area (Å²) < 4.78 is 7.95. The number of aryl methyl sites for hydroxylation is 1. The van der Waals surface area contributed by atoms with E-state index < -0.39 is 5.54 Å². The first-order valence-electron chi connectivity index (χ1n) is 10.7. The molecule has 2 heterocycles. The van der Waals surface area contributed by atoms with Crippen LogP contribution >= 0.6 is 0 Å². The molecule has 2 aromatic rings. The molecule has 0 spiro atoms. The van der Waals surface area contributed by atoms with Gasteiger partial charge in [-0.2, -0.15) is 0 Å². The van der Waals surface area contributed by atoms with E-state index in [0.717, 1.165) is 31.4 Å². The lowest BCUT2D eigenvalue weighted by atomic mass is 9.90. The molecule has 0 bridgehead atoms. The third kappa shape index (κ3) is 3.75. The fraction of sp³-hybridized carbons (Fsp3) is 0.636. The number of aliphatic hydroxyl groups excluding tert-OH is 1. The quantitative estimate of drug-likeness (QED) is 0.796. The number of aliphatic hydroxyl groups is 1. The number of nitrogens with zero attached hydrogens (tertiary/aromatic N) is 2. The van der Waals surface area contributed by atoms with Crippen molar-refractivity contribution in [3.63, 3.8) is 0 Å². The molecule has 6 heteroatoms. The van der Waals surface area contributed by atoms with Crippen molar-refractivity contribution in [2.24, 2.45) is 5.92 Å². The van der Waals surface area contributed by atoms with E-state index in [1.807, 2.05) is 29.7 Å². The van der Waals surface area contributed by atoms with Crippen molar-refractivity contribution in [1.82, 2.24) is 14.7 Å². The van der Waals surface area contributed by atoms with Crippen molar-refractivity contribution in [2.75, 3.05) is 13.2 Å². The zero-order valence-corrected chi connectivity index (χ0v) is 16.7. The van der Waals surface area contributed by atoms with Gasteiger partial charge in [0.2, 0.25) is 0 Å². The maximum atomic E-state index is 13.1. The minimum absolute atomic E-state index is 0.0235. The zero-order chi connectivity index (χ0) is 19.6. The van der Waals surface area contributed by atoms with Crippen molar-refractivity contribution in [1.29, 1.82) is 0 Å². The van der Waals surface area contributed by atoms with Crippen molar-refractivity contribution in [2.45, 2.75) is 70.3 Å². The molecule has 0 aliphatic heterocycles. The van der Waals surface area contributed by atoms with Gasteiger partial charge in [0.05, 0.1) is 24.4 Å². The minimum atomic E-state index is -0.497. The Morgan fingerprint density at radius 1 is 1.29 bits per heavy atom. The number of ether oxygens (including phenoxy) is 1. The van der Waals surface area contributed by atoms with Crippen LogP contribution in [0, 0.1) is 12.8 Å². The summed E-state index contributed by atoms with van der Waals surface area (Å²) >= 11 is 0. The van der Waals surface area contributed by atoms with Crippen molar-refractivity contribution >= 4 is 11.6 Å². The van der Waals surface area contributed by atoms with E-state index >= 15 is 0 Å². The first-order valence-corrected chi connectivity index (χ1v) is 10.7. The van der Waals surface area contributed by atoms with Crippen LogP contribution < -0.4 is 10.1 Å². The van der Waals surface area contributed by atoms with Gasteiger partial charge in [-0.3, -0.25) is 9.20 Å². The van der Waals surface area contributed by atoms with Crippen LogP contribution in [0.2, 0.25) is 0 Å². The van der Waals surface area contributed by atoms with Crippen molar-refractivity contribution in [3.05, 3.63) is 29.7 Å². The van der Waals surface area contributed by atoms with Gasteiger partial charge in [-0.15, -0.1) is 0 Å². The standard InChI is InChI=1S/C22H31N3O3/c1-16-19(21(27)24-22(15-26)11-5-6-12-22)25-13-7-10-18(20(25)23-16)28-14-17-8-3-2-4-9-17/h7,10,13,17,26H,2-6,8-9,11-12,14-15H2,1H3,(H,24,27). The number of carbonyl (C=O) groups excluding carboxylic acids is 1. The maximum Gasteiger partial charge on any atom is 0.270 e. The molecule has 0 saturated heterocycles. The van der Waals surface area contributed by atoms with Crippen LogP contribution in [0.3, 0.4) is 0 Å². The molecule has 0 radical (unpaired) electrons. The normalized spacial score (nSPS) is 19.8. The summed E-state index contributed by atoms with van der Waals surface area (Å²) in [6.45, 7) is 2.54. The summed E-state index contributed by atoms with van der Waals surface area (Å²) in [5.41, 5.74) is 1.39. The Morgan fingerprint density at radius 2 is 2.04 bits per heavy atom. The molecule has 28 heavy (non-hydrogen) atoms. The SMILES string of the molecule is Cc1nc2c(OCC3CCCCC3)cccn2c1C(=O)NC1(CO)CCCC1. The second kappa shape index (κ2) is 8.11. The molecule has 152 valence electrons. The lowest BCUT2D eigenvalue weighted by Gasteiger charge is -2.27. The Hall–Kier alpha value is -2.08. The molecule has 0 atom stereocenters. The molecule has 2 N–H and O–H groups in total. The summed E-state index contributed by atoms with van der Waals surface area (Å²) in [6.07, 6.45) is 11.9. The predicted octanol–water partition coefficient (Wildman–Crippen LogP) is 3.64. The molecule has 0 unspecified atom stereocenters. The summed E-state index contributed by atoms with van der Waals surface area (Å²) in [6, 6.07) is 3.83. The van der Waals surface area contributed by atoms with Crippen LogP contribution in [0.25, 0.3) is 5.65 Å². The third-order valence-electron chi connectivity index (χ3n) is 6.44. The monoisotopic (exact) mass is 385 g/mol. The number of hydrogen-bond donors (Lipinski definition) is 2. The fourth-order valence-electron chi connectivity index (χ4n) is 4.78.